The Hall–Kier alpha value is -12.1. The maximum atomic E-state index is 14.5. The van der Waals surface area contributed by atoms with Gasteiger partial charge in [-0.15, -0.1) is 0 Å². The molecule has 114 heavy (non-hydrogen) atoms. The number of phenolic OH excluding ortho intramolecular Hbond substituents is 1. The van der Waals surface area contributed by atoms with E-state index in [-0.39, 0.29) is 68.6 Å². The molecule has 2 aromatic rings. The minimum Gasteiger partial charge on any atom is -0.508 e. The van der Waals surface area contributed by atoms with Crippen LogP contribution in [0.2, 0.25) is 0 Å². The van der Waals surface area contributed by atoms with Crippen molar-refractivity contribution in [2.24, 2.45) is 22.9 Å². The molecular weight excluding hydrogens is 1520 g/mol. The van der Waals surface area contributed by atoms with Crippen molar-refractivity contribution >= 4 is 112 Å². The van der Waals surface area contributed by atoms with Crippen molar-refractivity contribution < 1.29 is 137 Å². The SMILES string of the molecule is CC(N)C(=O)NCC(=O)NC(CO)C(=O)NC(CCC(N)=O)C(=O)NC(CCC(=O)O)C(=O)N1CCCC1C(=O)NC(CCCCN)C(=O)NC(CCC(=O)O)C(=O)NC(CCC(N)=O)C(=O)NC(CO)C(=O)NC(CO)C(=O)NC(Cc1ccc(O)cc1)C(=O)NC(CO)C(=O)NC(Cc1cnc[nH]1)C(=O)NC(CO)C(=O)O. The Kier molecular flexibility index (Phi) is 41.5. The lowest BCUT2D eigenvalue weighted by Crippen LogP contribution is -2.62. The molecule has 1 fully saturated rings. The number of carbonyl (C=O) groups is 19. The number of imidazole rings is 1. The van der Waals surface area contributed by atoms with E-state index in [1.54, 1.807) is 0 Å². The van der Waals surface area contributed by atoms with E-state index < -0.39 is 294 Å². The first-order valence-corrected chi connectivity index (χ1v) is 35.6. The topological polar surface area (TPSA) is 799 Å². The molecule has 1 aromatic heterocycles. The standard InChI is InChI=1S/C66H100N20O28/c1-31(68)53(100)72-24-50(95)74-42(25-87)60(107)77-36(11-15-48(69)93)56(103)79-39(14-18-52(98)99)65(112)86-20-4-6-47(86)64(111)78-35(5-2-3-19-67)54(101)76-38(13-17-51(96)97)55(102)75-37(12-16-49(70)94)57(104)82-45(28-90)63(110)84-44(27-89)61(108)80-40(21-32-7-9-34(92)10-8-32)58(105)83-43(26-88)62(109)81-41(22-33-23-71-30-73-33)59(106)85-46(29-91)66(113)114/h7-10,23,30-31,35-47,87-92H,2-6,11-22,24-29,67-68H2,1H3,(H2,69,93)(H2,70,94)(H,71,73)(H,72,100)(H,74,95)(H,75,102)(H,76,101)(H,77,107)(H,78,111)(H,79,103)(H,80,108)(H,81,109)(H,82,104)(H,83,105)(H,84,110)(H,85,106)(H,96,97)(H,98,99)(H,113,114). The van der Waals surface area contributed by atoms with E-state index in [0.717, 1.165) is 4.90 Å². The molecule has 2 heterocycles. The van der Waals surface area contributed by atoms with Crippen LogP contribution in [0.1, 0.15) is 102 Å². The average molecular weight is 1620 g/mol. The van der Waals surface area contributed by atoms with Gasteiger partial charge in [-0.3, -0.25) is 86.3 Å². The van der Waals surface area contributed by atoms with Gasteiger partial charge in [0.25, 0.3) is 0 Å². The molecule has 1 aliphatic rings. The number of amides is 16. The van der Waals surface area contributed by atoms with Gasteiger partial charge in [-0.05, 0) is 89.0 Å². The first-order valence-electron chi connectivity index (χ1n) is 35.6. The van der Waals surface area contributed by atoms with Gasteiger partial charge in [0.05, 0.1) is 51.9 Å². The van der Waals surface area contributed by atoms with Gasteiger partial charge in [0.15, 0.2) is 0 Å². The maximum absolute atomic E-state index is 14.5. The van der Waals surface area contributed by atoms with E-state index >= 15 is 0 Å². The van der Waals surface area contributed by atoms with Crippen LogP contribution in [0.5, 0.6) is 5.75 Å². The van der Waals surface area contributed by atoms with Crippen molar-refractivity contribution in [1.82, 2.24) is 84.0 Å². The number of aliphatic carboxylic acids is 3. The van der Waals surface area contributed by atoms with Crippen LogP contribution in [0.25, 0.3) is 0 Å². The third kappa shape index (κ3) is 33.4. The van der Waals surface area contributed by atoms with Crippen molar-refractivity contribution in [3.05, 3.63) is 48.0 Å². The number of primary amides is 2. The molecule has 31 N–H and O–H groups in total. The molecule has 0 spiro atoms. The first kappa shape index (κ1) is 96.1. The lowest BCUT2D eigenvalue weighted by atomic mass is 10.0. The molecule has 0 saturated carbocycles. The molecule has 1 aliphatic heterocycles. The number of hydrogen-bond donors (Lipinski definition) is 27. The van der Waals surface area contributed by atoms with Gasteiger partial charge in [0.2, 0.25) is 94.5 Å². The van der Waals surface area contributed by atoms with Crippen molar-refractivity contribution in [3.63, 3.8) is 0 Å². The molecule has 0 aliphatic carbocycles. The number of carbonyl (C=O) groups excluding carboxylic acids is 16. The number of carboxylic acids is 3. The number of likely N-dealkylation sites (tertiary alicyclic amines) is 1. The highest BCUT2D eigenvalue weighted by molar-refractivity contribution is 6.01. The zero-order chi connectivity index (χ0) is 85.5. The molecule has 632 valence electrons. The minimum atomic E-state index is -2.12. The van der Waals surface area contributed by atoms with Crippen LogP contribution in [0.15, 0.2) is 36.8 Å². The Morgan fingerprint density at radius 1 is 0.474 bits per heavy atom. The van der Waals surface area contributed by atoms with Gasteiger partial charge >= 0.3 is 17.9 Å². The smallest absolute Gasteiger partial charge is 0.328 e. The van der Waals surface area contributed by atoms with Crippen LogP contribution in [0.3, 0.4) is 0 Å². The third-order valence-electron chi connectivity index (χ3n) is 17.1. The Balaban J connectivity index is 1.89. The Morgan fingerprint density at radius 2 is 0.851 bits per heavy atom. The number of nitrogens with zero attached hydrogens (tertiary/aromatic N) is 2. The number of H-pyrrole nitrogens is 1. The lowest BCUT2D eigenvalue weighted by molar-refractivity contribution is -0.144. The van der Waals surface area contributed by atoms with Crippen LogP contribution < -0.4 is 92.1 Å². The second-order valence-electron chi connectivity index (χ2n) is 26.1. The largest absolute Gasteiger partial charge is 0.508 e. The fourth-order valence-electron chi connectivity index (χ4n) is 10.9. The second kappa shape index (κ2) is 49.3. The minimum absolute atomic E-state index is 0.0484. The number of benzene rings is 1. The van der Waals surface area contributed by atoms with Crippen molar-refractivity contribution in [2.75, 3.05) is 52.7 Å². The van der Waals surface area contributed by atoms with Crippen LogP contribution in [-0.4, -0.2) is 311 Å². The summed E-state index contributed by atoms with van der Waals surface area (Å²) in [5.74, 6) is -23.6. The highest BCUT2D eigenvalue weighted by atomic mass is 16.4. The summed E-state index contributed by atoms with van der Waals surface area (Å²) in [5, 5.41) is 118. The van der Waals surface area contributed by atoms with Gasteiger partial charge in [0.1, 0.15) is 84.3 Å². The molecule has 3 rings (SSSR count). The third-order valence-corrected chi connectivity index (χ3v) is 17.1. The quantitative estimate of drug-likeness (QED) is 0.0274. The number of phenols is 1. The summed E-state index contributed by atoms with van der Waals surface area (Å²) in [7, 11) is 0. The Morgan fingerprint density at radius 3 is 1.25 bits per heavy atom. The number of aromatic amines is 1. The lowest BCUT2D eigenvalue weighted by Gasteiger charge is -2.31. The number of nitrogens with two attached hydrogens (primary N) is 4. The summed E-state index contributed by atoms with van der Waals surface area (Å²) in [6.45, 7) is -5.48. The number of hydrogen-bond acceptors (Lipinski definition) is 28. The van der Waals surface area contributed by atoms with E-state index in [9.17, 15) is 137 Å². The summed E-state index contributed by atoms with van der Waals surface area (Å²) in [6, 6.07) is -19.9. The molecule has 0 bridgehead atoms. The average Bonchev–Trinajstić information content (AvgIpc) is 1.63. The van der Waals surface area contributed by atoms with E-state index in [1.165, 1.54) is 43.7 Å². The first-order chi connectivity index (χ1) is 53.9. The molecule has 1 saturated heterocycles. The van der Waals surface area contributed by atoms with E-state index in [4.69, 9.17) is 22.9 Å². The van der Waals surface area contributed by atoms with Gasteiger partial charge in [0, 0.05) is 57.0 Å². The van der Waals surface area contributed by atoms with Crippen LogP contribution in [-0.2, 0) is 104 Å². The number of aliphatic hydroxyl groups is 5. The Labute approximate surface area is 648 Å². The summed E-state index contributed by atoms with van der Waals surface area (Å²) >= 11 is 0. The summed E-state index contributed by atoms with van der Waals surface area (Å²) in [6.07, 6.45) is -4.01. The highest BCUT2D eigenvalue weighted by Crippen LogP contribution is 2.22. The molecule has 16 amide bonds. The summed E-state index contributed by atoms with van der Waals surface area (Å²) < 4.78 is 0. The molecule has 14 atom stereocenters. The number of carboxylic acid groups (broad SMARTS) is 3. The van der Waals surface area contributed by atoms with Crippen LogP contribution >= 0.6 is 0 Å². The Bertz CT molecular complexity index is 3680. The zero-order valence-corrected chi connectivity index (χ0v) is 61.8. The fraction of sp³-hybridized carbons (Fsp3) is 0.576. The predicted octanol–water partition coefficient (Wildman–Crippen LogP) is -13.4. The fourth-order valence-corrected chi connectivity index (χ4v) is 10.9. The van der Waals surface area contributed by atoms with E-state index in [2.05, 4.69) is 73.8 Å². The van der Waals surface area contributed by atoms with E-state index in [0.29, 0.717) is 0 Å². The normalized spacial score (nSPS) is 15.8. The molecule has 48 heteroatoms. The number of nitrogens with one attached hydrogen (secondary N) is 14. The van der Waals surface area contributed by atoms with Crippen molar-refractivity contribution in [3.8, 4) is 5.75 Å². The summed E-state index contributed by atoms with van der Waals surface area (Å²) in [5.41, 5.74) is 22.3. The van der Waals surface area contributed by atoms with Gasteiger partial charge in [-0.25, -0.2) is 9.78 Å². The number of aromatic nitrogens is 2. The van der Waals surface area contributed by atoms with Crippen LogP contribution in [0, 0.1) is 0 Å². The number of aliphatic hydroxyl groups excluding tert-OH is 5. The van der Waals surface area contributed by atoms with E-state index in [1.807, 2.05) is 5.32 Å². The highest BCUT2D eigenvalue weighted by Gasteiger charge is 2.42. The molecule has 14 unspecified atom stereocenters. The molecular formula is C66H100N20O28. The monoisotopic (exact) mass is 1620 g/mol. The molecule has 1 aromatic carbocycles. The second-order valence-corrected chi connectivity index (χ2v) is 26.1. The summed E-state index contributed by atoms with van der Waals surface area (Å²) in [4.78, 5) is 259. The number of unbranched alkanes of at least 4 members (excludes halogenated alkanes) is 1. The van der Waals surface area contributed by atoms with Gasteiger partial charge < -0.3 is 148 Å². The zero-order valence-electron chi connectivity index (χ0n) is 61.8. The predicted molar refractivity (Wildman–Crippen MR) is 385 cm³/mol. The molecule has 0 radical (unpaired) electrons. The molecule has 48 nitrogen and oxygen atoms in total. The van der Waals surface area contributed by atoms with Crippen LogP contribution in [0.4, 0.5) is 0 Å². The van der Waals surface area contributed by atoms with Crippen molar-refractivity contribution in [2.45, 2.75) is 188 Å². The number of aromatic hydroxyl groups is 1. The van der Waals surface area contributed by atoms with Gasteiger partial charge in [-0.1, -0.05) is 12.1 Å². The van der Waals surface area contributed by atoms with Gasteiger partial charge in [-0.2, -0.15) is 0 Å². The maximum Gasteiger partial charge on any atom is 0.328 e. The van der Waals surface area contributed by atoms with Crippen molar-refractivity contribution in [1.29, 1.82) is 0 Å². The number of rotatable bonds is 53.